The average Bonchev–Trinajstić information content (AvgIpc) is 2.60. The molecule has 1 saturated carbocycles. The van der Waals surface area contributed by atoms with Gasteiger partial charge in [0.25, 0.3) is 0 Å². The molecule has 0 unspecified atom stereocenters. The molecule has 1 heterocycles. The smallest absolute Gasteiger partial charge is 0.165 e. The summed E-state index contributed by atoms with van der Waals surface area (Å²) in [5, 5.41) is 11.2. The van der Waals surface area contributed by atoms with Crippen molar-refractivity contribution in [2.75, 3.05) is 6.61 Å². The van der Waals surface area contributed by atoms with Crippen molar-refractivity contribution in [2.45, 2.75) is 43.6 Å². The molecule has 138 valence electrons. The molecule has 26 heavy (non-hydrogen) atoms. The summed E-state index contributed by atoms with van der Waals surface area (Å²) in [6.07, 6.45) is 2.16. The highest BCUT2D eigenvalue weighted by molar-refractivity contribution is 6.30. The minimum atomic E-state index is -0.821. The van der Waals surface area contributed by atoms with Gasteiger partial charge in [-0.15, -0.1) is 0 Å². The van der Waals surface area contributed by atoms with Gasteiger partial charge < -0.3 is 9.84 Å². The number of aliphatic hydroxyl groups is 1. The van der Waals surface area contributed by atoms with Crippen LogP contribution >= 0.6 is 11.6 Å². The van der Waals surface area contributed by atoms with E-state index in [1.807, 2.05) is 24.3 Å². The Morgan fingerprint density at radius 1 is 1.12 bits per heavy atom. The summed E-state index contributed by atoms with van der Waals surface area (Å²) < 4.78 is 34.9. The number of hydrogen-bond donors (Lipinski definition) is 1. The summed E-state index contributed by atoms with van der Waals surface area (Å²) in [4.78, 5) is 0. The maximum Gasteiger partial charge on any atom is 0.165 e. The summed E-state index contributed by atoms with van der Waals surface area (Å²) in [6.45, 7) is 2.08. The lowest BCUT2D eigenvalue weighted by Gasteiger charge is -2.52. The molecule has 0 radical (unpaired) electrons. The second-order valence-corrected chi connectivity index (χ2v) is 8.34. The fraction of sp³-hybridized carbons (Fsp3) is 0.429. The van der Waals surface area contributed by atoms with E-state index in [1.54, 1.807) is 6.92 Å². The Labute approximate surface area is 156 Å². The van der Waals surface area contributed by atoms with Gasteiger partial charge in [-0.3, -0.25) is 0 Å². The SMILES string of the molecule is C[C@@]1(O)CC[C@@]2(Cc3ccc(Cl)cc3)c3c(F)ccc(F)c3OC[C@H]2C1. The van der Waals surface area contributed by atoms with E-state index in [0.29, 0.717) is 36.3 Å². The number of ether oxygens (including phenoxy) is 1. The normalized spacial score (nSPS) is 30.3. The molecule has 2 aromatic carbocycles. The highest BCUT2D eigenvalue weighted by Gasteiger charge is 2.53. The minimum Gasteiger partial charge on any atom is -0.490 e. The second-order valence-electron chi connectivity index (χ2n) is 7.90. The molecule has 0 aromatic heterocycles. The van der Waals surface area contributed by atoms with Gasteiger partial charge in [-0.1, -0.05) is 23.7 Å². The summed E-state index contributed by atoms with van der Waals surface area (Å²) in [5.74, 6) is -1.04. The first-order chi connectivity index (χ1) is 12.3. The van der Waals surface area contributed by atoms with Gasteiger partial charge >= 0.3 is 0 Å². The van der Waals surface area contributed by atoms with E-state index in [0.717, 1.165) is 11.6 Å². The number of rotatable bonds is 2. The first-order valence-corrected chi connectivity index (χ1v) is 9.27. The maximum absolute atomic E-state index is 14.9. The molecule has 2 nitrogen and oxygen atoms in total. The van der Waals surface area contributed by atoms with Crippen LogP contribution in [0.4, 0.5) is 8.78 Å². The largest absolute Gasteiger partial charge is 0.490 e. The number of halogens is 3. The summed E-state index contributed by atoms with van der Waals surface area (Å²) in [5.41, 5.74) is -0.0917. The average molecular weight is 379 g/mol. The quantitative estimate of drug-likeness (QED) is 0.793. The molecule has 1 aliphatic carbocycles. The first-order valence-electron chi connectivity index (χ1n) is 8.89. The van der Waals surface area contributed by atoms with E-state index in [2.05, 4.69) is 0 Å². The monoisotopic (exact) mass is 378 g/mol. The lowest BCUT2D eigenvalue weighted by molar-refractivity contribution is -0.0528. The van der Waals surface area contributed by atoms with Crippen LogP contribution in [0, 0.1) is 17.6 Å². The highest BCUT2D eigenvalue weighted by atomic mass is 35.5. The topological polar surface area (TPSA) is 29.5 Å². The van der Waals surface area contributed by atoms with Crippen molar-refractivity contribution in [3.8, 4) is 5.75 Å². The lowest BCUT2D eigenvalue weighted by Crippen LogP contribution is -2.52. The van der Waals surface area contributed by atoms with Crippen molar-refractivity contribution in [1.29, 1.82) is 0 Å². The van der Waals surface area contributed by atoms with Crippen LogP contribution in [0.15, 0.2) is 36.4 Å². The van der Waals surface area contributed by atoms with Crippen molar-refractivity contribution in [1.82, 2.24) is 0 Å². The molecule has 0 bridgehead atoms. The molecule has 1 aliphatic heterocycles. The van der Waals surface area contributed by atoms with E-state index in [1.165, 1.54) is 6.07 Å². The van der Waals surface area contributed by atoms with Crippen LogP contribution in [0.3, 0.4) is 0 Å². The Morgan fingerprint density at radius 2 is 1.81 bits per heavy atom. The third-order valence-electron chi connectivity index (χ3n) is 6.00. The predicted molar refractivity (Wildman–Crippen MR) is 96.7 cm³/mol. The van der Waals surface area contributed by atoms with Crippen LogP contribution in [0.25, 0.3) is 0 Å². The van der Waals surface area contributed by atoms with Gasteiger partial charge in [0.1, 0.15) is 5.82 Å². The molecule has 3 atom stereocenters. The van der Waals surface area contributed by atoms with E-state index >= 15 is 0 Å². The lowest BCUT2D eigenvalue weighted by atomic mass is 9.56. The van der Waals surface area contributed by atoms with E-state index in [4.69, 9.17) is 16.3 Å². The van der Waals surface area contributed by atoms with Crippen LogP contribution in [0.5, 0.6) is 5.75 Å². The second kappa shape index (κ2) is 6.21. The summed E-state index contributed by atoms with van der Waals surface area (Å²) in [7, 11) is 0. The maximum atomic E-state index is 14.9. The standard InChI is InChI=1S/C21H21ClF2O2/c1-20(25)8-9-21(10-13-2-4-15(22)5-3-13)14(11-20)12-26-19-17(24)7-6-16(23)18(19)21/h2-7,14,25H,8-12H2,1H3/t14-,20-,21+/m1/s1. The van der Waals surface area contributed by atoms with E-state index in [-0.39, 0.29) is 18.3 Å². The van der Waals surface area contributed by atoms with Gasteiger partial charge in [0.15, 0.2) is 11.6 Å². The molecular formula is C21H21ClF2O2. The van der Waals surface area contributed by atoms with Crippen LogP contribution in [0.1, 0.15) is 37.3 Å². The molecular weight excluding hydrogens is 358 g/mol. The van der Waals surface area contributed by atoms with Gasteiger partial charge in [-0.05, 0) is 62.4 Å². The molecule has 0 saturated heterocycles. The molecule has 2 aromatic rings. The van der Waals surface area contributed by atoms with Crippen molar-refractivity contribution >= 4 is 11.6 Å². The molecule has 0 spiro atoms. The Bertz CT molecular complexity index is 835. The Kier molecular flexibility index (Phi) is 4.24. The van der Waals surface area contributed by atoms with Crippen molar-refractivity contribution in [2.24, 2.45) is 5.92 Å². The molecule has 2 aliphatic rings. The first kappa shape index (κ1) is 17.7. The van der Waals surface area contributed by atoms with Crippen molar-refractivity contribution < 1.29 is 18.6 Å². The van der Waals surface area contributed by atoms with Crippen LogP contribution in [-0.2, 0) is 11.8 Å². The number of fused-ring (bicyclic) bond motifs is 3. The Balaban J connectivity index is 1.86. The van der Waals surface area contributed by atoms with Gasteiger partial charge in [0.05, 0.1) is 12.2 Å². The zero-order valence-electron chi connectivity index (χ0n) is 14.6. The molecule has 5 heteroatoms. The van der Waals surface area contributed by atoms with Crippen LogP contribution < -0.4 is 4.74 Å². The zero-order valence-corrected chi connectivity index (χ0v) is 15.3. The van der Waals surface area contributed by atoms with E-state index in [9.17, 15) is 13.9 Å². The number of benzene rings is 2. The zero-order chi connectivity index (χ0) is 18.5. The van der Waals surface area contributed by atoms with E-state index < -0.39 is 22.7 Å². The highest BCUT2D eigenvalue weighted by Crippen LogP contribution is 2.55. The Hall–Kier alpha value is -1.65. The minimum absolute atomic E-state index is 0.0248. The summed E-state index contributed by atoms with van der Waals surface area (Å²) >= 11 is 5.99. The van der Waals surface area contributed by atoms with Crippen LogP contribution in [0.2, 0.25) is 5.02 Å². The van der Waals surface area contributed by atoms with Gasteiger partial charge in [-0.25, -0.2) is 8.78 Å². The summed E-state index contributed by atoms with van der Waals surface area (Å²) in [6, 6.07) is 9.76. The molecule has 1 fully saturated rings. The van der Waals surface area contributed by atoms with Gasteiger partial charge in [-0.2, -0.15) is 0 Å². The fourth-order valence-electron chi connectivity index (χ4n) is 4.68. The Morgan fingerprint density at radius 3 is 2.54 bits per heavy atom. The van der Waals surface area contributed by atoms with Crippen LogP contribution in [-0.4, -0.2) is 17.3 Å². The van der Waals surface area contributed by atoms with Gasteiger partial charge in [0.2, 0.25) is 0 Å². The fourth-order valence-corrected chi connectivity index (χ4v) is 4.81. The molecule has 0 amide bonds. The third-order valence-corrected chi connectivity index (χ3v) is 6.25. The predicted octanol–water partition coefficient (Wildman–Crippen LogP) is 5.04. The third kappa shape index (κ3) is 2.89. The van der Waals surface area contributed by atoms with Gasteiger partial charge in [0, 0.05) is 21.9 Å². The van der Waals surface area contributed by atoms with Crippen molar-refractivity contribution in [3.63, 3.8) is 0 Å². The number of hydrogen-bond acceptors (Lipinski definition) is 2. The van der Waals surface area contributed by atoms with Crippen molar-refractivity contribution in [3.05, 3.63) is 64.2 Å². The molecule has 1 N–H and O–H groups in total. The molecule has 4 rings (SSSR count).